The number of hydrogen-bond donors (Lipinski definition) is 1. The number of carbonyl (C=O) groups is 1. The number of nitrogens with zero attached hydrogens (tertiary/aromatic N) is 2. The molecular weight excluding hydrogens is 389 g/mol. The summed E-state index contributed by atoms with van der Waals surface area (Å²) in [6.07, 6.45) is 1.53. The van der Waals surface area contributed by atoms with Gasteiger partial charge in [-0.2, -0.15) is 0 Å². The molecule has 0 aliphatic heterocycles. The van der Waals surface area contributed by atoms with E-state index in [4.69, 9.17) is 16.3 Å². The number of aromatic nitrogens is 2. The molecule has 0 fully saturated rings. The summed E-state index contributed by atoms with van der Waals surface area (Å²) in [5.41, 5.74) is 1.04. The third kappa shape index (κ3) is 5.02. The second-order valence-electron chi connectivity index (χ2n) is 5.65. The van der Waals surface area contributed by atoms with E-state index < -0.39 is 11.7 Å². The van der Waals surface area contributed by atoms with E-state index in [0.717, 1.165) is 12.2 Å². The van der Waals surface area contributed by atoms with Crippen molar-refractivity contribution in [2.24, 2.45) is 0 Å². The molecule has 0 unspecified atom stereocenters. The molecule has 0 spiro atoms. The van der Waals surface area contributed by atoms with Crippen LogP contribution in [0, 0.1) is 5.82 Å². The number of amides is 1. The predicted octanol–water partition coefficient (Wildman–Crippen LogP) is 4.77. The zero-order valence-corrected chi connectivity index (χ0v) is 16.1. The van der Waals surface area contributed by atoms with E-state index in [9.17, 15) is 9.18 Å². The number of rotatable bonds is 7. The Hall–Kier alpha value is -2.51. The van der Waals surface area contributed by atoms with Gasteiger partial charge in [0.05, 0.1) is 17.2 Å². The van der Waals surface area contributed by atoms with Crippen LogP contribution in [0.1, 0.15) is 27.9 Å². The fourth-order valence-corrected chi connectivity index (χ4v) is 3.32. The Kier molecular flexibility index (Phi) is 6.36. The minimum absolute atomic E-state index is 0.0414. The molecule has 8 heteroatoms. The van der Waals surface area contributed by atoms with Gasteiger partial charge in [0.1, 0.15) is 16.6 Å². The van der Waals surface area contributed by atoms with Crippen LogP contribution < -0.4 is 10.1 Å². The molecule has 5 nitrogen and oxygen atoms in total. The first-order valence-corrected chi connectivity index (χ1v) is 9.55. The predicted molar refractivity (Wildman–Crippen MR) is 104 cm³/mol. The molecule has 2 aromatic carbocycles. The van der Waals surface area contributed by atoms with E-state index >= 15 is 0 Å². The molecule has 3 rings (SSSR count). The summed E-state index contributed by atoms with van der Waals surface area (Å²) in [6.45, 7) is 2.54. The lowest BCUT2D eigenvalue weighted by atomic mass is 10.2. The van der Waals surface area contributed by atoms with Crippen LogP contribution in [0.15, 0.2) is 42.5 Å². The molecule has 0 saturated heterocycles. The Balaban J connectivity index is 1.54. The highest BCUT2D eigenvalue weighted by Crippen LogP contribution is 2.22. The maximum Gasteiger partial charge on any atom is 0.261 e. The minimum atomic E-state index is -0.688. The molecule has 1 aromatic heterocycles. The Labute approximate surface area is 165 Å². The maximum atomic E-state index is 13.8. The normalized spacial score (nSPS) is 10.6. The van der Waals surface area contributed by atoms with Gasteiger partial charge in [-0.3, -0.25) is 10.1 Å². The van der Waals surface area contributed by atoms with Crippen molar-refractivity contribution in [1.82, 2.24) is 10.2 Å². The van der Waals surface area contributed by atoms with Crippen LogP contribution in [0.5, 0.6) is 5.75 Å². The van der Waals surface area contributed by atoms with Gasteiger partial charge in [0.15, 0.2) is 0 Å². The lowest BCUT2D eigenvalue weighted by Crippen LogP contribution is -2.14. The summed E-state index contributed by atoms with van der Waals surface area (Å²) in [5, 5.41) is 11.5. The van der Waals surface area contributed by atoms with Crippen LogP contribution in [-0.2, 0) is 12.8 Å². The second-order valence-corrected chi connectivity index (χ2v) is 7.12. The second kappa shape index (κ2) is 8.92. The van der Waals surface area contributed by atoms with Crippen molar-refractivity contribution in [3.8, 4) is 5.75 Å². The van der Waals surface area contributed by atoms with Gasteiger partial charge in [0, 0.05) is 6.42 Å². The summed E-state index contributed by atoms with van der Waals surface area (Å²) in [4.78, 5) is 12.2. The summed E-state index contributed by atoms with van der Waals surface area (Å²) >= 11 is 7.10. The molecule has 140 valence electrons. The van der Waals surface area contributed by atoms with E-state index in [1.165, 1.54) is 35.1 Å². The molecule has 0 saturated carbocycles. The first kappa shape index (κ1) is 19.3. The average Bonchev–Trinajstić information content (AvgIpc) is 3.09. The Morgan fingerprint density at radius 2 is 2.00 bits per heavy atom. The van der Waals surface area contributed by atoms with Gasteiger partial charge in [-0.25, -0.2) is 4.39 Å². The monoisotopic (exact) mass is 405 g/mol. The quantitative estimate of drug-likeness (QED) is 0.615. The number of anilines is 1. The SMILES string of the molecule is CCc1ccc(OCCc2nnc(NC(=O)c3c(F)cccc3Cl)s2)cc1. The molecule has 1 amide bonds. The smallest absolute Gasteiger partial charge is 0.261 e. The van der Waals surface area contributed by atoms with Crippen LogP contribution in [0.2, 0.25) is 5.02 Å². The average molecular weight is 406 g/mol. The fraction of sp³-hybridized carbons (Fsp3) is 0.211. The zero-order chi connectivity index (χ0) is 19.2. The van der Waals surface area contributed by atoms with Gasteiger partial charge >= 0.3 is 0 Å². The van der Waals surface area contributed by atoms with E-state index in [1.807, 2.05) is 24.3 Å². The maximum absolute atomic E-state index is 13.8. The highest BCUT2D eigenvalue weighted by molar-refractivity contribution is 7.15. The van der Waals surface area contributed by atoms with Gasteiger partial charge in [-0.05, 0) is 36.2 Å². The van der Waals surface area contributed by atoms with Crippen molar-refractivity contribution in [2.75, 3.05) is 11.9 Å². The minimum Gasteiger partial charge on any atom is -0.493 e. The Morgan fingerprint density at radius 3 is 2.70 bits per heavy atom. The lowest BCUT2D eigenvalue weighted by Gasteiger charge is -2.05. The highest BCUT2D eigenvalue weighted by Gasteiger charge is 2.17. The molecule has 0 radical (unpaired) electrons. The van der Waals surface area contributed by atoms with Gasteiger partial charge in [-0.15, -0.1) is 10.2 Å². The molecular formula is C19H17ClFN3O2S. The van der Waals surface area contributed by atoms with Crippen LogP contribution >= 0.6 is 22.9 Å². The standard InChI is InChI=1S/C19H17ClFN3O2S/c1-2-12-6-8-13(9-7-12)26-11-10-16-23-24-19(27-16)22-18(25)17-14(20)4-3-5-15(17)21/h3-9H,2,10-11H2,1H3,(H,22,24,25). The van der Waals surface area contributed by atoms with Crippen LogP contribution in [0.4, 0.5) is 9.52 Å². The van der Waals surface area contributed by atoms with Crippen LogP contribution in [-0.4, -0.2) is 22.7 Å². The van der Waals surface area contributed by atoms with Crippen molar-refractivity contribution >= 4 is 34.0 Å². The molecule has 1 N–H and O–H groups in total. The van der Waals surface area contributed by atoms with E-state index in [0.29, 0.717) is 18.0 Å². The zero-order valence-electron chi connectivity index (χ0n) is 14.5. The Morgan fingerprint density at radius 1 is 1.22 bits per heavy atom. The topological polar surface area (TPSA) is 64.1 Å². The molecule has 0 bridgehead atoms. The van der Waals surface area contributed by atoms with Gasteiger partial charge in [0.25, 0.3) is 5.91 Å². The first-order chi connectivity index (χ1) is 13.1. The van der Waals surface area contributed by atoms with Crippen molar-refractivity contribution in [3.63, 3.8) is 0 Å². The summed E-state index contributed by atoms with van der Waals surface area (Å²) in [7, 11) is 0. The summed E-state index contributed by atoms with van der Waals surface area (Å²) < 4.78 is 19.5. The third-order valence-electron chi connectivity index (χ3n) is 3.79. The summed E-state index contributed by atoms with van der Waals surface area (Å²) in [5.74, 6) is -0.556. The van der Waals surface area contributed by atoms with Gasteiger partial charge < -0.3 is 4.74 Å². The first-order valence-electron chi connectivity index (χ1n) is 8.36. The summed E-state index contributed by atoms with van der Waals surface area (Å²) in [6, 6.07) is 12.0. The van der Waals surface area contributed by atoms with Gasteiger partial charge in [-0.1, -0.05) is 48.1 Å². The van der Waals surface area contributed by atoms with Gasteiger partial charge in [0.2, 0.25) is 5.13 Å². The third-order valence-corrected chi connectivity index (χ3v) is 5.01. The van der Waals surface area contributed by atoms with Crippen LogP contribution in [0.3, 0.4) is 0 Å². The molecule has 0 atom stereocenters. The highest BCUT2D eigenvalue weighted by atomic mass is 35.5. The molecule has 1 heterocycles. The van der Waals surface area contributed by atoms with E-state index in [-0.39, 0.29) is 15.7 Å². The van der Waals surface area contributed by atoms with Crippen molar-refractivity contribution in [2.45, 2.75) is 19.8 Å². The van der Waals surface area contributed by atoms with Crippen LogP contribution in [0.25, 0.3) is 0 Å². The van der Waals surface area contributed by atoms with Crippen molar-refractivity contribution in [3.05, 3.63) is 69.4 Å². The van der Waals surface area contributed by atoms with E-state index in [1.54, 1.807) is 0 Å². The Bertz CT molecular complexity index is 911. The van der Waals surface area contributed by atoms with Crippen molar-refractivity contribution < 1.29 is 13.9 Å². The number of ether oxygens (including phenoxy) is 1. The lowest BCUT2D eigenvalue weighted by molar-refractivity contribution is 0.102. The number of hydrogen-bond acceptors (Lipinski definition) is 5. The molecule has 0 aliphatic carbocycles. The fourth-order valence-electron chi connectivity index (χ4n) is 2.36. The van der Waals surface area contributed by atoms with Crippen molar-refractivity contribution in [1.29, 1.82) is 0 Å². The number of carbonyl (C=O) groups excluding carboxylic acids is 1. The molecule has 27 heavy (non-hydrogen) atoms. The molecule has 3 aromatic rings. The molecule has 0 aliphatic rings. The number of aryl methyl sites for hydroxylation is 1. The number of benzene rings is 2. The number of nitrogens with one attached hydrogen (secondary N) is 1. The number of halogens is 2. The largest absolute Gasteiger partial charge is 0.493 e. The van der Waals surface area contributed by atoms with E-state index in [2.05, 4.69) is 22.4 Å².